The molecule has 2 N–H and O–H groups in total. The van der Waals surface area contributed by atoms with Crippen molar-refractivity contribution in [3.05, 3.63) is 35.9 Å². The summed E-state index contributed by atoms with van der Waals surface area (Å²) in [7, 11) is 0. The van der Waals surface area contributed by atoms with Gasteiger partial charge in [0.05, 0.1) is 0 Å². The van der Waals surface area contributed by atoms with Crippen molar-refractivity contribution in [2.75, 3.05) is 6.54 Å². The maximum Gasteiger partial charge on any atom is 1.00 e. The van der Waals surface area contributed by atoms with Crippen LogP contribution in [-0.4, -0.2) is 35.5 Å². The Bertz CT molecular complexity index is 758. The minimum atomic E-state index is -0.714. The van der Waals surface area contributed by atoms with Crippen molar-refractivity contribution in [1.82, 2.24) is 5.32 Å². The Labute approximate surface area is 260 Å². The van der Waals surface area contributed by atoms with Crippen LogP contribution in [0.2, 0.25) is 0 Å². The number of amides is 1. The second-order valence-electron chi connectivity index (χ2n) is 10.6. The molecule has 0 heterocycles. The Kier molecular flexibility index (Phi) is 25.9. The van der Waals surface area contributed by atoms with Gasteiger partial charge in [0.2, 0.25) is 5.91 Å². The molecule has 1 rings (SSSR count). The van der Waals surface area contributed by atoms with Crippen molar-refractivity contribution in [3.63, 3.8) is 0 Å². The van der Waals surface area contributed by atoms with E-state index in [0.29, 0.717) is 19.4 Å². The summed E-state index contributed by atoms with van der Waals surface area (Å²) in [6, 6.07) is 9.11. The van der Waals surface area contributed by atoms with E-state index in [4.69, 9.17) is 5.11 Å². The van der Waals surface area contributed by atoms with Crippen LogP contribution in [0.25, 0.3) is 0 Å². The summed E-state index contributed by atoms with van der Waals surface area (Å²) in [4.78, 5) is 27.7. The van der Waals surface area contributed by atoms with Crippen molar-refractivity contribution in [2.45, 2.75) is 141 Å². The maximum absolute atomic E-state index is 12.9. The van der Waals surface area contributed by atoms with E-state index in [0.717, 1.165) is 76.2 Å². The van der Waals surface area contributed by atoms with Gasteiger partial charge < -0.3 is 15.5 Å². The van der Waals surface area contributed by atoms with E-state index in [9.17, 15) is 14.7 Å². The van der Waals surface area contributed by atoms with Gasteiger partial charge in [-0.15, -0.1) is 0 Å². The van der Waals surface area contributed by atoms with Gasteiger partial charge in [-0.25, -0.2) is 0 Å². The molecule has 0 aliphatic heterocycles. The maximum atomic E-state index is 12.9. The van der Waals surface area contributed by atoms with Gasteiger partial charge in [0.25, 0.3) is 0 Å². The summed E-state index contributed by atoms with van der Waals surface area (Å²) in [6.45, 7) is 2.84. The molecule has 1 aromatic rings. The molecule has 0 saturated heterocycles. The molecular weight excluding hydrogens is 499 g/mol. The number of nitrogens with zero attached hydrogens (tertiary/aromatic N) is 1. The van der Waals surface area contributed by atoms with Crippen LogP contribution in [0.15, 0.2) is 35.3 Å². The van der Waals surface area contributed by atoms with Crippen molar-refractivity contribution >= 4 is 17.8 Å². The van der Waals surface area contributed by atoms with Crippen LogP contribution in [-0.2, 0) is 16.0 Å². The number of carboxylic acids is 1. The van der Waals surface area contributed by atoms with Gasteiger partial charge >= 0.3 is 35.5 Å². The number of rotatable bonds is 25. The zero-order valence-corrected chi connectivity index (χ0v) is 26.9. The Hall–Kier alpha value is -1.37. The van der Waals surface area contributed by atoms with E-state index in [-0.39, 0.29) is 47.8 Å². The monoisotopic (exact) mass is 552 g/mol. The zero-order chi connectivity index (χ0) is 27.7. The van der Waals surface area contributed by atoms with E-state index in [1.807, 2.05) is 30.3 Å². The molecule has 0 radical (unpaired) electrons. The Morgan fingerprint density at radius 1 is 0.769 bits per heavy atom. The van der Waals surface area contributed by atoms with E-state index < -0.39 is 12.0 Å². The molecule has 7 heteroatoms. The van der Waals surface area contributed by atoms with E-state index in [1.54, 1.807) is 0 Å². The van der Waals surface area contributed by atoms with Crippen LogP contribution in [0.1, 0.15) is 134 Å². The molecule has 0 spiro atoms. The molecule has 39 heavy (non-hydrogen) atoms. The average Bonchev–Trinajstić information content (AvgIpc) is 2.90. The second kappa shape index (κ2) is 26.8. The second-order valence-corrected chi connectivity index (χ2v) is 10.6. The van der Waals surface area contributed by atoms with Gasteiger partial charge in [0.1, 0.15) is 6.04 Å². The molecule has 1 atom stereocenters. The van der Waals surface area contributed by atoms with Gasteiger partial charge in [0.15, 0.2) is 0 Å². The third kappa shape index (κ3) is 23.1. The van der Waals surface area contributed by atoms with E-state index in [1.165, 1.54) is 38.5 Å². The van der Waals surface area contributed by atoms with Crippen LogP contribution in [0, 0.1) is 0 Å². The number of aliphatic carboxylic acids is 1. The molecule has 1 amide bonds. The quantitative estimate of drug-likeness (QED) is 0.0829. The van der Waals surface area contributed by atoms with Crippen molar-refractivity contribution in [3.8, 4) is 0 Å². The van der Waals surface area contributed by atoms with Crippen LogP contribution >= 0.6 is 0 Å². The number of aliphatic imine (C=N–C) groups is 1. The van der Waals surface area contributed by atoms with Crippen LogP contribution in [0.3, 0.4) is 0 Å². The third-order valence-corrected chi connectivity index (χ3v) is 6.99. The average molecular weight is 553 g/mol. The first kappa shape index (κ1) is 37.6. The largest absolute Gasteiger partial charge is 1.00 e. The SMILES string of the molecule is CCCCCCCCCCCC([O-])=N[C@@H](Cc1ccccc1)C(=O)NCCCCCCCCCCC(=O)O.[Na+]. The number of carboxylic acid groups (broad SMARTS) is 1. The molecule has 0 aliphatic rings. The fourth-order valence-electron chi connectivity index (χ4n) is 4.65. The number of carbonyl (C=O) groups excluding carboxylic acids is 1. The summed E-state index contributed by atoms with van der Waals surface area (Å²) in [5, 5.41) is 24.2. The normalized spacial score (nSPS) is 12.1. The number of nitrogens with one attached hydrogen (secondary N) is 1. The van der Waals surface area contributed by atoms with Crippen molar-refractivity contribution in [2.24, 2.45) is 4.99 Å². The van der Waals surface area contributed by atoms with Gasteiger partial charge in [-0.1, -0.05) is 127 Å². The number of hydrogen-bond donors (Lipinski definition) is 2. The summed E-state index contributed by atoms with van der Waals surface area (Å²) in [6.07, 6.45) is 20.1. The minimum absolute atomic E-state index is 0. The zero-order valence-electron chi connectivity index (χ0n) is 24.9. The predicted molar refractivity (Wildman–Crippen MR) is 155 cm³/mol. The number of hydrogen-bond acceptors (Lipinski definition) is 4. The Morgan fingerprint density at radius 3 is 1.79 bits per heavy atom. The molecule has 216 valence electrons. The summed E-state index contributed by atoms with van der Waals surface area (Å²) < 4.78 is 0. The molecule has 0 unspecified atom stereocenters. The van der Waals surface area contributed by atoms with Crippen LogP contribution in [0.5, 0.6) is 0 Å². The first-order valence-electron chi connectivity index (χ1n) is 15.3. The van der Waals surface area contributed by atoms with Crippen LogP contribution < -0.4 is 40.0 Å². The van der Waals surface area contributed by atoms with E-state index in [2.05, 4.69) is 17.2 Å². The van der Waals surface area contributed by atoms with Crippen molar-refractivity contribution < 1.29 is 49.4 Å². The number of carbonyl (C=O) groups is 2. The summed E-state index contributed by atoms with van der Waals surface area (Å²) >= 11 is 0. The van der Waals surface area contributed by atoms with Gasteiger partial charge in [-0.05, 0) is 37.1 Å². The third-order valence-electron chi connectivity index (χ3n) is 6.99. The smallest absolute Gasteiger partial charge is 0.862 e. The molecule has 0 aliphatic carbocycles. The Balaban J connectivity index is 0.0000144. The molecule has 0 fully saturated rings. The molecule has 0 saturated carbocycles. The minimum Gasteiger partial charge on any atom is -0.862 e. The van der Waals surface area contributed by atoms with Crippen LogP contribution in [0.4, 0.5) is 0 Å². The number of unbranched alkanes of at least 4 members (excludes halogenated alkanes) is 15. The fourth-order valence-corrected chi connectivity index (χ4v) is 4.65. The first-order chi connectivity index (χ1) is 18.5. The first-order valence-corrected chi connectivity index (χ1v) is 15.3. The summed E-state index contributed by atoms with van der Waals surface area (Å²) in [5.74, 6) is -1.03. The molecule has 0 bridgehead atoms. The Morgan fingerprint density at radius 2 is 1.26 bits per heavy atom. The molecule has 0 aromatic heterocycles. The van der Waals surface area contributed by atoms with Gasteiger partial charge in [-0.3, -0.25) is 14.6 Å². The topological polar surface area (TPSA) is 102 Å². The molecular formula is C32H53N2NaO4. The number of benzene rings is 1. The van der Waals surface area contributed by atoms with E-state index >= 15 is 0 Å². The van der Waals surface area contributed by atoms with Gasteiger partial charge in [0, 0.05) is 19.4 Å². The standard InChI is InChI=1S/C32H54N2O4.Na/c1-2-3-4-5-6-7-10-13-19-24-30(35)34-29(27-28-22-17-16-18-23-28)32(38)33-26-21-15-12-9-8-11-14-20-25-31(36)37;/h16-18,22-23,29H,2-15,19-21,24-27H2,1H3,(H,33,38)(H,34,35)(H,36,37);/q;+1/p-1/t29-;/m0./s1. The predicted octanol–water partition coefficient (Wildman–Crippen LogP) is 3.99. The van der Waals surface area contributed by atoms with Gasteiger partial charge in [-0.2, -0.15) is 0 Å². The fraction of sp³-hybridized carbons (Fsp3) is 0.719. The molecule has 6 nitrogen and oxygen atoms in total. The van der Waals surface area contributed by atoms with Crippen molar-refractivity contribution in [1.29, 1.82) is 0 Å². The summed E-state index contributed by atoms with van der Waals surface area (Å²) in [5.41, 5.74) is 1.01. The molecule has 1 aromatic carbocycles.